The van der Waals surface area contributed by atoms with Crippen LogP contribution in [0.25, 0.3) is 0 Å². The Morgan fingerprint density at radius 2 is 1.88 bits per heavy atom. The van der Waals surface area contributed by atoms with Crippen LogP contribution in [0.4, 0.5) is 0 Å². The summed E-state index contributed by atoms with van der Waals surface area (Å²) in [5.41, 5.74) is 0. The monoisotopic (exact) mass is 241 g/mol. The van der Waals surface area contributed by atoms with Gasteiger partial charge in [-0.2, -0.15) is 0 Å². The van der Waals surface area contributed by atoms with Crippen LogP contribution in [0.2, 0.25) is 0 Å². The van der Waals surface area contributed by atoms with E-state index < -0.39 is 0 Å². The van der Waals surface area contributed by atoms with E-state index in [-0.39, 0.29) is 11.9 Å². The van der Waals surface area contributed by atoms with Crippen LogP contribution in [0.15, 0.2) is 0 Å². The van der Waals surface area contributed by atoms with Gasteiger partial charge in [-0.1, -0.05) is 6.92 Å². The summed E-state index contributed by atoms with van der Waals surface area (Å²) >= 11 is 0. The lowest BCUT2D eigenvalue weighted by Crippen LogP contribution is -2.45. The van der Waals surface area contributed by atoms with Crippen LogP contribution in [-0.2, 0) is 4.79 Å². The highest BCUT2D eigenvalue weighted by molar-refractivity contribution is 5.78. The standard InChI is InChI=1S/C13H27N3O/c1-4-11(2)14-9-13(17)15-12(3)10-16-7-5-6-8-16/h11-12,14H,4-10H2,1-3H3,(H,15,17). The molecule has 1 aliphatic rings. The zero-order chi connectivity index (χ0) is 12.7. The van der Waals surface area contributed by atoms with Crippen molar-refractivity contribution < 1.29 is 4.79 Å². The van der Waals surface area contributed by atoms with Gasteiger partial charge in [0.1, 0.15) is 0 Å². The summed E-state index contributed by atoms with van der Waals surface area (Å²) in [5, 5.41) is 6.25. The Morgan fingerprint density at radius 3 is 2.47 bits per heavy atom. The maximum absolute atomic E-state index is 11.7. The van der Waals surface area contributed by atoms with E-state index in [1.54, 1.807) is 0 Å². The Labute approximate surface area is 105 Å². The van der Waals surface area contributed by atoms with Gasteiger partial charge in [0, 0.05) is 18.6 Å². The van der Waals surface area contributed by atoms with E-state index in [1.165, 1.54) is 25.9 Å². The molecule has 0 bridgehead atoms. The van der Waals surface area contributed by atoms with E-state index in [0.717, 1.165) is 13.0 Å². The Kier molecular flexibility index (Phi) is 6.52. The van der Waals surface area contributed by atoms with Crippen molar-refractivity contribution in [1.29, 1.82) is 0 Å². The first-order valence-electron chi connectivity index (χ1n) is 6.87. The van der Waals surface area contributed by atoms with Crippen LogP contribution < -0.4 is 10.6 Å². The molecule has 2 unspecified atom stereocenters. The quantitative estimate of drug-likeness (QED) is 0.698. The Balaban J connectivity index is 2.11. The molecule has 0 saturated carbocycles. The lowest BCUT2D eigenvalue weighted by atomic mass is 10.2. The molecule has 100 valence electrons. The molecule has 2 atom stereocenters. The minimum Gasteiger partial charge on any atom is -0.351 e. The van der Waals surface area contributed by atoms with Crippen LogP contribution in [-0.4, -0.2) is 49.1 Å². The molecule has 0 spiro atoms. The Bertz CT molecular complexity index is 227. The first-order chi connectivity index (χ1) is 8.11. The van der Waals surface area contributed by atoms with Crippen LogP contribution in [0.1, 0.15) is 40.0 Å². The Morgan fingerprint density at radius 1 is 1.24 bits per heavy atom. The molecule has 0 radical (unpaired) electrons. The number of nitrogens with one attached hydrogen (secondary N) is 2. The molecule has 0 aliphatic carbocycles. The van der Waals surface area contributed by atoms with Crippen molar-refractivity contribution >= 4 is 5.91 Å². The smallest absolute Gasteiger partial charge is 0.234 e. The van der Waals surface area contributed by atoms with Gasteiger partial charge in [-0.05, 0) is 46.2 Å². The molecule has 4 heteroatoms. The van der Waals surface area contributed by atoms with E-state index in [4.69, 9.17) is 0 Å². The SMILES string of the molecule is CCC(C)NCC(=O)NC(C)CN1CCCC1. The average Bonchev–Trinajstić information content (AvgIpc) is 2.78. The summed E-state index contributed by atoms with van der Waals surface area (Å²) in [6.45, 7) is 10.1. The number of likely N-dealkylation sites (tertiary alicyclic amines) is 1. The second-order valence-corrected chi connectivity index (χ2v) is 5.17. The number of rotatable bonds is 7. The van der Waals surface area contributed by atoms with Crippen molar-refractivity contribution in [2.75, 3.05) is 26.2 Å². The summed E-state index contributed by atoms with van der Waals surface area (Å²) in [4.78, 5) is 14.1. The molecule has 0 aromatic rings. The van der Waals surface area contributed by atoms with Gasteiger partial charge in [-0.3, -0.25) is 4.79 Å². The molecule has 1 amide bonds. The van der Waals surface area contributed by atoms with Crippen molar-refractivity contribution in [3.63, 3.8) is 0 Å². The maximum atomic E-state index is 11.7. The van der Waals surface area contributed by atoms with Crippen molar-refractivity contribution in [3.8, 4) is 0 Å². The first kappa shape index (κ1) is 14.5. The third-order valence-corrected chi connectivity index (χ3v) is 3.36. The molecule has 1 aliphatic heterocycles. The predicted molar refractivity (Wildman–Crippen MR) is 71.0 cm³/mol. The van der Waals surface area contributed by atoms with Crippen molar-refractivity contribution in [3.05, 3.63) is 0 Å². The van der Waals surface area contributed by atoms with E-state index in [1.807, 2.05) is 0 Å². The van der Waals surface area contributed by atoms with E-state index >= 15 is 0 Å². The van der Waals surface area contributed by atoms with Crippen LogP contribution in [0.3, 0.4) is 0 Å². The second-order valence-electron chi connectivity index (χ2n) is 5.17. The number of nitrogens with zero attached hydrogens (tertiary/aromatic N) is 1. The van der Waals surface area contributed by atoms with Gasteiger partial charge in [0.05, 0.1) is 6.54 Å². The fourth-order valence-corrected chi connectivity index (χ4v) is 2.14. The molecule has 1 rings (SSSR count). The number of carbonyl (C=O) groups excluding carboxylic acids is 1. The van der Waals surface area contributed by atoms with E-state index in [9.17, 15) is 4.79 Å². The van der Waals surface area contributed by atoms with Gasteiger partial charge in [0.2, 0.25) is 5.91 Å². The molecule has 1 saturated heterocycles. The lowest BCUT2D eigenvalue weighted by molar-refractivity contribution is -0.121. The van der Waals surface area contributed by atoms with Crippen LogP contribution >= 0.6 is 0 Å². The number of hydrogen-bond donors (Lipinski definition) is 2. The zero-order valence-electron chi connectivity index (χ0n) is 11.5. The van der Waals surface area contributed by atoms with Gasteiger partial charge in [-0.15, -0.1) is 0 Å². The molecule has 2 N–H and O–H groups in total. The normalized spacial score (nSPS) is 20.2. The Hall–Kier alpha value is -0.610. The van der Waals surface area contributed by atoms with Crippen LogP contribution in [0.5, 0.6) is 0 Å². The molecule has 0 aromatic carbocycles. The summed E-state index contributed by atoms with van der Waals surface area (Å²) in [6, 6.07) is 0.661. The topological polar surface area (TPSA) is 44.4 Å². The summed E-state index contributed by atoms with van der Waals surface area (Å²) in [6.07, 6.45) is 3.66. The molecular formula is C13H27N3O. The minimum absolute atomic E-state index is 0.108. The van der Waals surface area contributed by atoms with E-state index in [0.29, 0.717) is 12.6 Å². The zero-order valence-corrected chi connectivity index (χ0v) is 11.5. The highest BCUT2D eigenvalue weighted by Gasteiger charge is 2.15. The number of carbonyl (C=O) groups is 1. The highest BCUT2D eigenvalue weighted by Crippen LogP contribution is 2.07. The van der Waals surface area contributed by atoms with Crippen molar-refractivity contribution in [2.45, 2.75) is 52.1 Å². The summed E-state index contributed by atoms with van der Waals surface area (Å²) in [7, 11) is 0. The van der Waals surface area contributed by atoms with Gasteiger partial charge in [-0.25, -0.2) is 0 Å². The van der Waals surface area contributed by atoms with E-state index in [2.05, 4.69) is 36.3 Å². The highest BCUT2D eigenvalue weighted by atomic mass is 16.2. The molecule has 0 aromatic heterocycles. The molecule has 4 nitrogen and oxygen atoms in total. The van der Waals surface area contributed by atoms with Crippen LogP contribution in [0, 0.1) is 0 Å². The molecule has 1 fully saturated rings. The van der Waals surface area contributed by atoms with Gasteiger partial charge < -0.3 is 15.5 Å². The van der Waals surface area contributed by atoms with Gasteiger partial charge in [0.25, 0.3) is 0 Å². The summed E-state index contributed by atoms with van der Waals surface area (Å²) < 4.78 is 0. The largest absolute Gasteiger partial charge is 0.351 e. The van der Waals surface area contributed by atoms with Gasteiger partial charge in [0.15, 0.2) is 0 Å². The molecule has 1 heterocycles. The number of amides is 1. The third kappa shape index (κ3) is 6.03. The summed E-state index contributed by atoms with van der Waals surface area (Å²) in [5.74, 6) is 0.108. The number of hydrogen-bond acceptors (Lipinski definition) is 3. The van der Waals surface area contributed by atoms with Gasteiger partial charge >= 0.3 is 0 Å². The van der Waals surface area contributed by atoms with Crippen molar-refractivity contribution in [2.24, 2.45) is 0 Å². The fourth-order valence-electron chi connectivity index (χ4n) is 2.14. The lowest BCUT2D eigenvalue weighted by Gasteiger charge is -2.21. The van der Waals surface area contributed by atoms with Crippen molar-refractivity contribution in [1.82, 2.24) is 15.5 Å². The third-order valence-electron chi connectivity index (χ3n) is 3.36. The minimum atomic E-state index is 0.108. The molecule has 17 heavy (non-hydrogen) atoms. The first-order valence-corrected chi connectivity index (χ1v) is 6.87. The second kappa shape index (κ2) is 7.67. The maximum Gasteiger partial charge on any atom is 0.234 e. The fraction of sp³-hybridized carbons (Fsp3) is 0.923. The molecular weight excluding hydrogens is 214 g/mol. The average molecular weight is 241 g/mol. The predicted octanol–water partition coefficient (Wildman–Crippen LogP) is 0.975.